The Morgan fingerprint density at radius 3 is 2.60 bits per heavy atom. The van der Waals surface area contributed by atoms with E-state index in [2.05, 4.69) is 42.7 Å². The Kier molecular flexibility index (Phi) is 4.77. The third kappa shape index (κ3) is 3.30. The van der Waals surface area contributed by atoms with E-state index >= 15 is 0 Å². The average molecular weight is 211 g/mol. The van der Waals surface area contributed by atoms with Crippen molar-refractivity contribution in [3.8, 4) is 0 Å². The lowest BCUT2D eigenvalue weighted by atomic mass is 10.0. The Morgan fingerprint density at radius 1 is 1.40 bits per heavy atom. The molecule has 0 amide bonds. The van der Waals surface area contributed by atoms with Crippen LogP contribution in [0.3, 0.4) is 0 Å². The van der Waals surface area contributed by atoms with Gasteiger partial charge in [0, 0.05) is 18.6 Å². The van der Waals surface area contributed by atoms with Gasteiger partial charge in [0.15, 0.2) is 0 Å². The highest BCUT2D eigenvalue weighted by Crippen LogP contribution is 2.14. The molecule has 88 valence electrons. The summed E-state index contributed by atoms with van der Waals surface area (Å²) in [4.78, 5) is 4.88. The van der Waals surface area contributed by atoms with E-state index in [1.54, 1.807) is 0 Å². The van der Waals surface area contributed by atoms with Gasteiger partial charge in [-0.25, -0.2) is 0 Å². The fraction of sp³-hybridized carbons (Fsp3) is 0.833. The molecule has 0 aromatic rings. The van der Waals surface area contributed by atoms with Gasteiger partial charge in [-0.15, -0.1) is 0 Å². The minimum Gasteiger partial charge on any atom is -0.312 e. The summed E-state index contributed by atoms with van der Waals surface area (Å²) in [6, 6.07) is 0.940. The van der Waals surface area contributed by atoms with E-state index < -0.39 is 0 Å². The van der Waals surface area contributed by atoms with Gasteiger partial charge in [-0.2, -0.15) is 0 Å². The van der Waals surface area contributed by atoms with Crippen LogP contribution >= 0.6 is 0 Å². The molecule has 0 aromatic heterocycles. The van der Waals surface area contributed by atoms with Crippen molar-refractivity contribution in [3.05, 3.63) is 12.2 Å². The fourth-order valence-electron chi connectivity index (χ4n) is 2.43. The van der Waals surface area contributed by atoms with Crippen molar-refractivity contribution in [1.82, 2.24) is 15.1 Å². The Morgan fingerprint density at radius 2 is 2.07 bits per heavy atom. The summed E-state index contributed by atoms with van der Waals surface area (Å²) >= 11 is 0. The van der Waals surface area contributed by atoms with Gasteiger partial charge in [0.05, 0.1) is 0 Å². The lowest BCUT2D eigenvalue weighted by Gasteiger charge is -2.34. The number of nitrogens with zero attached hydrogens (tertiary/aromatic N) is 2. The van der Waals surface area contributed by atoms with Crippen molar-refractivity contribution < 1.29 is 0 Å². The van der Waals surface area contributed by atoms with Crippen molar-refractivity contribution in [2.24, 2.45) is 0 Å². The largest absolute Gasteiger partial charge is 0.312 e. The smallest absolute Gasteiger partial charge is 0.0442 e. The summed E-state index contributed by atoms with van der Waals surface area (Å²) in [5.41, 5.74) is 1.23. The number of likely N-dealkylation sites (N-methyl/N-ethyl adjacent to an activating group) is 3. The standard InChI is InChI=1S/C12H25N3/c1-10(2)12(13-3)11-9-14(4)7-6-8-15(11)5/h11-13H,1,6-9H2,2-5H3. The van der Waals surface area contributed by atoms with Gasteiger partial charge in [-0.3, -0.25) is 0 Å². The zero-order chi connectivity index (χ0) is 11.4. The van der Waals surface area contributed by atoms with E-state index in [0.29, 0.717) is 12.1 Å². The highest BCUT2D eigenvalue weighted by molar-refractivity contribution is 5.08. The van der Waals surface area contributed by atoms with Crippen molar-refractivity contribution >= 4 is 0 Å². The maximum Gasteiger partial charge on any atom is 0.0442 e. The highest BCUT2D eigenvalue weighted by atomic mass is 15.2. The molecule has 1 N–H and O–H groups in total. The number of rotatable bonds is 3. The van der Waals surface area contributed by atoms with Crippen LogP contribution in [-0.4, -0.2) is 62.7 Å². The third-order valence-electron chi connectivity index (χ3n) is 3.34. The van der Waals surface area contributed by atoms with E-state index in [0.717, 1.165) is 6.54 Å². The van der Waals surface area contributed by atoms with Crippen molar-refractivity contribution in [2.75, 3.05) is 40.8 Å². The highest BCUT2D eigenvalue weighted by Gasteiger charge is 2.27. The first-order chi connectivity index (χ1) is 7.06. The second-order valence-electron chi connectivity index (χ2n) is 4.78. The molecule has 0 aromatic carbocycles. The quantitative estimate of drug-likeness (QED) is 0.696. The van der Waals surface area contributed by atoms with Crippen molar-refractivity contribution in [2.45, 2.75) is 25.4 Å². The lowest BCUT2D eigenvalue weighted by Crippen LogP contribution is -2.51. The van der Waals surface area contributed by atoms with Crippen molar-refractivity contribution in [1.29, 1.82) is 0 Å². The van der Waals surface area contributed by atoms with E-state index in [1.165, 1.54) is 25.1 Å². The van der Waals surface area contributed by atoms with Crippen LogP contribution in [-0.2, 0) is 0 Å². The molecule has 0 aliphatic carbocycles. The van der Waals surface area contributed by atoms with Gasteiger partial charge >= 0.3 is 0 Å². The van der Waals surface area contributed by atoms with E-state index in [-0.39, 0.29) is 0 Å². The summed E-state index contributed by atoms with van der Waals surface area (Å²) in [6.45, 7) is 9.70. The number of hydrogen-bond donors (Lipinski definition) is 1. The van der Waals surface area contributed by atoms with Gasteiger partial charge in [-0.05, 0) is 47.6 Å². The third-order valence-corrected chi connectivity index (χ3v) is 3.34. The summed E-state index contributed by atoms with van der Waals surface area (Å²) in [6.07, 6.45) is 1.26. The first-order valence-corrected chi connectivity index (χ1v) is 5.77. The zero-order valence-corrected chi connectivity index (χ0v) is 10.6. The van der Waals surface area contributed by atoms with Crippen LogP contribution in [0, 0.1) is 0 Å². The maximum absolute atomic E-state index is 4.08. The fourth-order valence-corrected chi connectivity index (χ4v) is 2.43. The molecule has 1 aliphatic rings. The summed E-state index contributed by atoms with van der Waals surface area (Å²) in [5.74, 6) is 0. The Hall–Kier alpha value is -0.380. The summed E-state index contributed by atoms with van der Waals surface area (Å²) in [7, 11) is 6.45. The predicted octanol–water partition coefficient (Wildman–Crippen LogP) is 0.786. The molecule has 2 unspecified atom stereocenters. The van der Waals surface area contributed by atoms with Gasteiger partial charge in [-0.1, -0.05) is 12.2 Å². The Balaban J connectivity index is 2.73. The van der Waals surface area contributed by atoms with Gasteiger partial charge < -0.3 is 15.1 Å². The predicted molar refractivity (Wildman–Crippen MR) is 66.2 cm³/mol. The first kappa shape index (κ1) is 12.7. The molecule has 1 fully saturated rings. The Bertz CT molecular complexity index is 215. The van der Waals surface area contributed by atoms with Crippen LogP contribution in [0.15, 0.2) is 12.2 Å². The molecule has 2 atom stereocenters. The summed E-state index contributed by atoms with van der Waals surface area (Å²) < 4.78 is 0. The van der Waals surface area contributed by atoms with Crippen LogP contribution in [0.5, 0.6) is 0 Å². The molecular formula is C12H25N3. The molecule has 1 rings (SSSR count). The topological polar surface area (TPSA) is 18.5 Å². The summed E-state index contributed by atoms with van der Waals surface area (Å²) in [5, 5.41) is 3.38. The van der Waals surface area contributed by atoms with E-state index in [9.17, 15) is 0 Å². The average Bonchev–Trinajstić information content (AvgIpc) is 2.30. The number of hydrogen-bond acceptors (Lipinski definition) is 3. The maximum atomic E-state index is 4.08. The SMILES string of the molecule is C=C(C)C(NC)C1CN(C)CCCN1C. The molecular weight excluding hydrogens is 186 g/mol. The monoisotopic (exact) mass is 211 g/mol. The van der Waals surface area contributed by atoms with Crippen LogP contribution in [0.2, 0.25) is 0 Å². The minimum absolute atomic E-state index is 0.399. The molecule has 0 bridgehead atoms. The van der Waals surface area contributed by atoms with Crippen LogP contribution in [0.1, 0.15) is 13.3 Å². The molecule has 3 nitrogen and oxygen atoms in total. The van der Waals surface area contributed by atoms with Crippen LogP contribution in [0.4, 0.5) is 0 Å². The minimum atomic E-state index is 0.399. The zero-order valence-electron chi connectivity index (χ0n) is 10.6. The van der Waals surface area contributed by atoms with E-state index in [1.807, 2.05) is 7.05 Å². The first-order valence-electron chi connectivity index (χ1n) is 5.77. The van der Waals surface area contributed by atoms with E-state index in [4.69, 9.17) is 0 Å². The number of nitrogens with one attached hydrogen (secondary N) is 1. The molecule has 1 aliphatic heterocycles. The second-order valence-corrected chi connectivity index (χ2v) is 4.78. The van der Waals surface area contributed by atoms with Crippen molar-refractivity contribution in [3.63, 3.8) is 0 Å². The Labute approximate surface area is 94.1 Å². The van der Waals surface area contributed by atoms with Crippen LogP contribution < -0.4 is 5.32 Å². The van der Waals surface area contributed by atoms with Gasteiger partial charge in [0.25, 0.3) is 0 Å². The molecule has 0 radical (unpaired) electrons. The molecule has 1 heterocycles. The van der Waals surface area contributed by atoms with Gasteiger partial charge in [0.1, 0.15) is 0 Å². The molecule has 0 saturated carbocycles. The molecule has 0 spiro atoms. The normalized spacial score (nSPS) is 27.3. The lowest BCUT2D eigenvalue weighted by molar-refractivity contribution is 0.195. The second kappa shape index (κ2) is 5.64. The molecule has 15 heavy (non-hydrogen) atoms. The molecule has 1 saturated heterocycles. The van der Waals surface area contributed by atoms with Crippen LogP contribution in [0.25, 0.3) is 0 Å². The van der Waals surface area contributed by atoms with Gasteiger partial charge in [0.2, 0.25) is 0 Å². The molecule has 3 heteroatoms.